The Bertz CT molecular complexity index is 450. The van der Waals surface area contributed by atoms with Gasteiger partial charge in [-0.15, -0.1) is 11.6 Å². The summed E-state index contributed by atoms with van der Waals surface area (Å²) in [6.45, 7) is 0.853. The Balaban J connectivity index is 2.56. The Morgan fingerprint density at radius 1 is 1.35 bits per heavy atom. The van der Waals surface area contributed by atoms with Crippen LogP contribution in [0.1, 0.15) is 12.8 Å². The van der Waals surface area contributed by atoms with E-state index < -0.39 is 25.4 Å². The molecule has 1 aliphatic rings. The standard InChI is InChI=1S/C7H16ClN3O4S2/c8-6-16(12,13)11-3-1-2-7(5-11)4-10-17(9,14)15/h7,10H,1-6H2,(H2,9,14,15). The van der Waals surface area contributed by atoms with Gasteiger partial charge in [-0.05, 0) is 18.8 Å². The molecule has 0 spiro atoms. The molecule has 3 N–H and O–H groups in total. The van der Waals surface area contributed by atoms with Crippen LogP contribution in [-0.2, 0) is 20.2 Å². The van der Waals surface area contributed by atoms with E-state index in [9.17, 15) is 16.8 Å². The zero-order valence-electron chi connectivity index (χ0n) is 9.17. The minimum atomic E-state index is -3.73. The molecule has 0 aromatic rings. The SMILES string of the molecule is NS(=O)(=O)NCC1CCCN(S(=O)(=O)CCl)C1. The van der Waals surface area contributed by atoms with Crippen LogP contribution in [0, 0.1) is 5.92 Å². The first-order valence-electron chi connectivity index (χ1n) is 5.06. The van der Waals surface area contributed by atoms with Crippen LogP contribution in [0.4, 0.5) is 0 Å². The Kier molecular flexibility index (Phi) is 5.17. The molecule has 0 amide bonds. The van der Waals surface area contributed by atoms with Gasteiger partial charge in [0.25, 0.3) is 10.2 Å². The second-order valence-corrected chi connectivity index (χ2v) is 7.91. The van der Waals surface area contributed by atoms with Gasteiger partial charge in [0.2, 0.25) is 10.0 Å². The number of hydrogen-bond acceptors (Lipinski definition) is 4. The summed E-state index contributed by atoms with van der Waals surface area (Å²) in [5.41, 5.74) is 0. The summed E-state index contributed by atoms with van der Waals surface area (Å²) >= 11 is 5.36. The highest BCUT2D eigenvalue weighted by Gasteiger charge is 2.28. The fourth-order valence-corrected chi connectivity index (χ4v) is 3.61. The number of piperidine rings is 1. The van der Waals surface area contributed by atoms with Gasteiger partial charge in [-0.1, -0.05) is 0 Å². The van der Waals surface area contributed by atoms with E-state index >= 15 is 0 Å². The first-order valence-corrected chi connectivity index (χ1v) is 8.75. The van der Waals surface area contributed by atoms with Crippen molar-refractivity contribution in [3.05, 3.63) is 0 Å². The van der Waals surface area contributed by atoms with Gasteiger partial charge in [0, 0.05) is 19.6 Å². The molecule has 1 fully saturated rings. The molecule has 7 nitrogen and oxygen atoms in total. The molecular weight excluding hydrogens is 290 g/mol. The van der Waals surface area contributed by atoms with Crippen molar-refractivity contribution >= 4 is 31.8 Å². The minimum Gasteiger partial charge on any atom is -0.216 e. The van der Waals surface area contributed by atoms with Crippen molar-refractivity contribution in [2.45, 2.75) is 12.8 Å². The summed E-state index contributed by atoms with van der Waals surface area (Å²) in [5.74, 6) is -0.0694. The second kappa shape index (κ2) is 5.81. The number of alkyl halides is 1. The number of hydrogen-bond donors (Lipinski definition) is 2. The van der Waals surface area contributed by atoms with Crippen LogP contribution in [0.3, 0.4) is 0 Å². The first kappa shape index (κ1) is 15.1. The van der Waals surface area contributed by atoms with Crippen molar-refractivity contribution < 1.29 is 16.8 Å². The van der Waals surface area contributed by atoms with Crippen molar-refractivity contribution in [2.24, 2.45) is 11.1 Å². The van der Waals surface area contributed by atoms with E-state index in [2.05, 4.69) is 4.72 Å². The lowest BCUT2D eigenvalue weighted by atomic mass is 10.0. The van der Waals surface area contributed by atoms with E-state index in [1.807, 2.05) is 0 Å². The molecule has 0 bridgehead atoms. The van der Waals surface area contributed by atoms with Crippen LogP contribution in [0.25, 0.3) is 0 Å². The summed E-state index contributed by atoms with van der Waals surface area (Å²) in [4.78, 5) is 0. The number of halogens is 1. The molecule has 1 atom stereocenters. The number of nitrogens with one attached hydrogen (secondary N) is 1. The first-order chi connectivity index (χ1) is 7.74. The Morgan fingerprint density at radius 2 is 2.00 bits per heavy atom. The van der Waals surface area contributed by atoms with Crippen molar-refractivity contribution in [3.8, 4) is 0 Å². The molecule has 1 heterocycles. The second-order valence-electron chi connectivity index (χ2n) is 3.98. The van der Waals surface area contributed by atoms with Crippen LogP contribution in [0.2, 0.25) is 0 Å². The van der Waals surface area contributed by atoms with Crippen molar-refractivity contribution in [1.29, 1.82) is 0 Å². The summed E-state index contributed by atoms with van der Waals surface area (Å²) in [6.07, 6.45) is 1.45. The molecule has 1 rings (SSSR count). The van der Waals surface area contributed by atoms with E-state index in [0.29, 0.717) is 13.0 Å². The fraction of sp³-hybridized carbons (Fsp3) is 1.00. The maximum Gasteiger partial charge on any atom is 0.274 e. The molecule has 0 aliphatic carbocycles. The summed E-state index contributed by atoms with van der Waals surface area (Å²) < 4.78 is 48.0. The third kappa shape index (κ3) is 5.06. The van der Waals surface area contributed by atoms with Crippen molar-refractivity contribution in [2.75, 3.05) is 24.8 Å². The Labute approximate surface area is 107 Å². The molecule has 1 saturated heterocycles. The van der Waals surface area contributed by atoms with Crippen LogP contribution in [0.15, 0.2) is 0 Å². The van der Waals surface area contributed by atoms with Gasteiger partial charge in [-0.25, -0.2) is 22.6 Å². The van der Waals surface area contributed by atoms with Crippen LogP contribution >= 0.6 is 11.6 Å². The highest BCUT2D eigenvalue weighted by Crippen LogP contribution is 2.19. The van der Waals surface area contributed by atoms with E-state index in [-0.39, 0.29) is 19.0 Å². The highest BCUT2D eigenvalue weighted by molar-refractivity contribution is 7.90. The topological polar surface area (TPSA) is 110 Å². The maximum absolute atomic E-state index is 11.5. The van der Waals surface area contributed by atoms with Gasteiger partial charge in [-0.3, -0.25) is 0 Å². The Morgan fingerprint density at radius 3 is 2.53 bits per heavy atom. The molecule has 1 aliphatic heterocycles. The van der Waals surface area contributed by atoms with Gasteiger partial charge < -0.3 is 0 Å². The smallest absolute Gasteiger partial charge is 0.216 e. The normalized spacial score (nSPS) is 23.8. The summed E-state index contributed by atoms with van der Waals surface area (Å²) in [7, 11) is -7.14. The molecule has 1 unspecified atom stereocenters. The Hall–Kier alpha value is 0.0700. The van der Waals surface area contributed by atoms with Gasteiger partial charge >= 0.3 is 0 Å². The molecule has 17 heavy (non-hydrogen) atoms. The number of nitrogens with two attached hydrogens (primary N) is 1. The van der Waals surface area contributed by atoms with E-state index in [0.717, 1.165) is 6.42 Å². The molecule has 0 radical (unpaired) electrons. The van der Waals surface area contributed by atoms with Crippen LogP contribution in [-0.4, -0.2) is 46.0 Å². The summed E-state index contributed by atoms with van der Waals surface area (Å²) in [6, 6.07) is 0. The van der Waals surface area contributed by atoms with E-state index in [1.54, 1.807) is 0 Å². The average Bonchev–Trinajstić information content (AvgIpc) is 2.26. The minimum absolute atomic E-state index is 0.0694. The lowest BCUT2D eigenvalue weighted by Crippen LogP contribution is -2.44. The third-order valence-electron chi connectivity index (χ3n) is 2.59. The van der Waals surface area contributed by atoms with Gasteiger partial charge in [0.15, 0.2) is 0 Å². The van der Waals surface area contributed by atoms with Crippen molar-refractivity contribution in [3.63, 3.8) is 0 Å². The molecular formula is C7H16ClN3O4S2. The summed E-state index contributed by atoms with van der Waals surface area (Å²) in [5, 5.41) is 4.35. The quantitative estimate of drug-likeness (QED) is 0.636. The fourth-order valence-electron chi connectivity index (χ4n) is 1.75. The lowest BCUT2D eigenvalue weighted by Gasteiger charge is -2.31. The zero-order valence-corrected chi connectivity index (χ0v) is 11.6. The van der Waals surface area contributed by atoms with Crippen LogP contribution < -0.4 is 9.86 Å². The molecule has 0 aromatic carbocycles. The predicted octanol–water partition coefficient (Wildman–Crippen LogP) is -0.982. The number of rotatable bonds is 5. The third-order valence-corrected chi connectivity index (χ3v) is 5.38. The van der Waals surface area contributed by atoms with Gasteiger partial charge in [0.05, 0.1) is 0 Å². The molecule has 0 aromatic heterocycles. The highest BCUT2D eigenvalue weighted by atomic mass is 35.5. The maximum atomic E-state index is 11.5. The largest absolute Gasteiger partial charge is 0.274 e. The van der Waals surface area contributed by atoms with Gasteiger partial charge in [-0.2, -0.15) is 8.42 Å². The van der Waals surface area contributed by atoms with Crippen molar-refractivity contribution in [1.82, 2.24) is 9.03 Å². The van der Waals surface area contributed by atoms with E-state index in [1.165, 1.54) is 4.31 Å². The number of nitrogens with zero attached hydrogens (tertiary/aromatic N) is 1. The molecule has 0 saturated carbocycles. The zero-order chi connectivity index (χ0) is 13.1. The molecule has 10 heteroatoms. The predicted molar refractivity (Wildman–Crippen MR) is 65.0 cm³/mol. The van der Waals surface area contributed by atoms with E-state index in [4.69, 9.17) is 16.7 Å². The lowest BCUT2D eigenvalue weighted by molar-refractivity contribution is 0.268. The monoisotopic (exact) mass is 305 g/mol. The number of sulfonamides is 1. The van der Waals surface area contributed by atoms with Crippen LogP contribution in [0.5, 0.6) is 0 Å². The average molecular weight is 306 g/mol. The van der Waals surface area contributed by atoms with Gasteiger partial charge in [0.1, 0.15) is 5.21 Å². The molecule has 102 valence electrons.